The molecule has 1 amide bonds. The number of para-hydroxylation sites is 1. The van der Waals surface area contributed by atoms with E-state index in [4.69, 9.17) is 15.6 Å². The van der Waals surface area contributed by atoms with Crippen LogP contribution in [0.25, 0.3) is 22.2 Å². The Morgan fingerprint density at radius 2 is 1.76 bits per heavy atom. The van der Waals surface area contributed by atoms with Gasteiger partial charge in [0.2, 0.25) is 5.91 Å². The number of nitrogens with two attached hydrogens (primary N) is 1. The number of carbonyl (C=O) groups is 1. The van der Waals surface area contributed by atoms with Gasteiger partial charge in [-0.15, -0.1) is 0 Å². The molecule has 0 bridgehead atoms. The normalized spacial score (nSPS) is 14.6. The zero-order valence-electron chi connectivity index (χ0n) is 21.2. The molecule has 2 N–H and O–H groups in total. The number of amides is 1. The molecular formula is C29H32N6O2. The molecule has 0 saturated carbocycles. The fourth-order valence-electron chi connectivity index (χ4n) is 4.70. The molecule has 37 heavy (non-hydrogen) atoms. The number of hydrogen-bond acceptors (Lipinski definition) is 6. The Hall–Kier alpha value is -4.17. The van der Waals surface area contributed by atoms with Gasteiger partial charge < -0.3 is 20.3 Å². The molecule has 4 aromatic rings. The van der Waals surface area contributed by atoms with Crippen LogP contribution in [0.1, 0.15) is 18.9 Å². The number of carbonyl (C=O) groups excluding carboxylic acids is 1. The second kappa shape index (κ2) is 10.8. The van der Waals surface area contributed by atoms with Gasteiger partial charge in [0, 0.05) is 37.5 Å². The van der Waals surface area contributed by atoms with E-state index in [1.54, 1.807) is 12.3 Å². The van der Waals surface area contributed by atoms with Crippen LogP contribution in [0.4, 0.5) is 5.82 Å². The first-order chi connectivity index (χ1) is 18.0. The number of nitrogen functional groups attached to an aromatic ring is 1. The van der Waals surface area contributed by atoms with E-state index in [1.165, 1.54) is 0 Å². The van der Waals surface area contributed by atoms with Gasteiger partial charge in [-0.2, -0.15) is 5.10 Å². The summed E-state index contributed by atoms with van der Waals surface area (Å²) in [5.41, 5.74) is 9.06. The van der Waals surface area contributed by atoms with E-state index in [0.717, 1.165) is 53.0 Å². The quantitative estimate of drug-likeness (QED) is 0.371. The van der Waals surface area contributed by atoms with Gasteiger partial charge in [0.15, 0.2) is 0 Å². The maximum absolute atomic E-state index is 12.6. The average Bonchev–Trinajstić information content (AvgIpc) is 3.30. The first kappa shape index (κ1) is 24.5. The SMILES string of the molecule is CN(C)C/C=C/C(=O)N1CCC(n2nc(-c3ccc(Oc4ccccc4)cc3)c3c(N)nccc32)CC1. The maximum atomic E-state index is 12.6. The van der Waals surface area contributed by atoms with Gasteiger partial charge in [-0.05, 0) is 69.4 Å². The highest BCUT2D eigenvalue weighted by Crippen LogP contribution is 2.36. The second-order valence-electron chi connectivity index (χ2n) is 9.54. The van der Waals surface area contributed by atoms with Crippen molar-refractivity contribution in [1.82, 2.24) is 24.6 Å². The van der Waals surface area contributed by atoms with Crippen LogP contribution in [-0.4, -0.2) is 64.2 Å². The summed E-state index contributed by atoms with van der Waals surface area (Å²) < 4.78 is 8.01. The molecule has 8 nitrogen and oxygen atoms in total. The molecule has 5 rings (SSSR count). The van der Waals surface area contributed by atoms with Crippen LogP contribution in [0.2, 0.25) is 0 Å². The van der Waals surface area contributed by atoms with Gasteiger partial charge >= 0.3 is 0 Å². The highest BCUT2D eigenvalue weighted by molar-refractivity contribution is 6.00. The second-order valence-corrected chi connectivity index (χ2v) is 9.54. The molecule has 0 unspecified atom stereocenters. The summed E-state index contributed by atoms with van der Waals surface area (Å²) in [5, 5.41) is 5.88. The number of likely N-dealkylation sites (tertiary alicyclic amines) is 1. The number of ether oxygens (including phenoxy) is 1. The molecule has 1 saturated heterocycles. The van der Waals surface area contributed by atoms with Crippen LogP contribution < -0.4 is 10.5 Å². The Morgan fingerprint density at radius 3 is 2.46 bits per heavy atom. The zero-order chi connectivity index (χ0) is 25.8. The molecule has 2 aromatic heterocycles. The zero-order valence-corrected chi connectivity index (χ0v) is 21.2. The number of hydrogen-bond donors (Lipinski definition) is 1. The van der Waals surface area contributed by atoms with E-state index >= 15 is 0 Å². The maximum Gasteiger partial charge on any atom is 0.246 e. The van der Waals surface area contributed by atoms with Gasteiger partial charge in [-0.3, -0.25) is 9.48 Å². The highest BCUT2D eigenvalue weighted by atomic mass is 16.5. The Balaban J connectivity index is 1.36. The number of likely N-dealkylation sites (N-methyl/N-ethyl adjacent to an activating group) is 1. The lowest BCUT2D eigenvalue weighted by atomic mass is 10.0. The van der Waals surface area contributed by atoms with Crippen LogP contribution >= 0.6 is 0 Å². The van der Waals surface area contributed by atoms with E-state index in [1.807, 2.05) is 90.6 Å². The lowest BCUT2D eigenvalue weighted by Gasteiger charge is -2.31. The first-order valence-electron chi connectivity index (χ1n) is 12.6. The Labute approximate surface area is 217 Å². The van der Waals surface area contributed by atoms with Gasteiger partial charge in [0.25, 0.3) is 0 Å². The molecular weight excluding hydrogens is 464 g/mol. The summed E-state index contributed by atoms with van der Waals surface area (Å²) >= 11 is 0. The minimum Gasteiger partial charge on any atom is -0.457 e. The summed E-state index contributed by atoms with van der Waals surface area (Å²) in [5.74, 6) is 2.07. The predicted octanol–water partition coefficient (Wildman–Crippen LogP) is 4.75. The number of nitrogens with zero attached hydrogens (tertiary/aromatic N) is 5. The van der Waals surface area contributed by atoms with Crippen molar-refractivity contribution in [2.45, 2.75) is 18.9 Å². The Kier molecular flexibility index (Phi) is 7.18. The van der Waals surface area contributed by atoms with E-state index in [0.29, 0.717) is 18.9 Å². The van der Waals surface area contributed by atoms with Crippen molar-refractivity contribution in [1.29, 1.82) is 0 Å². The molecule has 8 heteroatoms. The van der Waals surface area contributed by atoms with Crippen molar-refractivity contribution in [3.05, 3.63) is 79.0 Å². The van der Waals surface area contributed by atoms with Crippen LogP contribution in [0.5, 0.6) is 11.5 Å². The van der Waals surface area contributed by atoms with E-state index in [2.05, 4.69) is 9.67 Å². The number of benzene rings is 2. The van der Waals surface area contributed by atoms with Crippen molar-refractivity contribution < 1.29 is 9.53 Å². The third-order valence-corrected chi connectivity index (χ3v) is 6.61. The number of anilines is 1. The van der Waals surface area contributed by atoms with Crippen molar-refractivity contribution in [3.63, 3.8) is 0 Å². The average molecular weight is 497 g/mol. The first-order valence-corrected chi connectivity index (χ1v) is 12.6. The van der Waals surface area contributed by atoms with Crippen LogP contribution in [0.3, 0.4) is 0 Å². The van der Waals surface area contributed by atoms with Crippen molar-refractivity contribution in [2.24, 2.45) is 0 Å². The number of pyridine rings is 1. The van der Waals surface area contributed by atoms with Crippen LogP contribution in [0.15, 0.2) is 79.0 Å². The minimum absolute atomic E-state index is 0.0672. The van der Waals surface area contributed by atoms with Gasteiger partial charge in [-0.1, -0.05) is 24.3 Å². The fraction of sp³-hybridized carbons (Fsp3) is 0.276. The molecule has 3 heterocycles. The molecule has 190 valence electrons. The predicted molar refractivity (Wildman–Crippen MR) is 146 cm³/mol. The lowest BCUT2D eigenvalue weighted by molar-refractivity contribution is -0.127. The smallest absolute Gasteiger partial charge is 0.246 e. The molecule has 0 spiro atoms. The molecule has 1 fully saturated rings. The van der Waals surface area contributed by atoms with E-state index in [9.17, 15) is 4.79 Å². The summed E-state index contributed by atoms with van der Waals surface area (Å²) in [6, 6.07) is 19.7. The topological polar surface area (TPSA) is 89.5 Å². The Bertz CT molecular complexity index is 1390. The number of rotatable bonds is 7. The Morgan fingerprint density at radius 1 is 1.05 bits per heavy atom. The summed E-state index contributed by atoms with van der Waals surface area (Å²) in [4.78, 5) is 20.9. The largest absolute Gasteiger partial charge is 0.457 e. The number of fused-ring (bicyclic) bond motifs is 1. The van der Waals surface area contributed by atoms with Crippen LogP contribution in [0, 0.1) is 0 Å². The standard InChI is InChI=1S/C29H32N6O2/c1-33(2)18-6-9-26(36)34-19-15-22(16-20-34)35-25-14-17-31-29(30)27(25)28(32-35)21-10-12-24(13-11-21)37-23-7-4-3-5-8-23/h3-14,17,22H,15-16,18-20H2,1-2H3,(H2,30,31)/b9-6+. The van der Waals surface area contributed by atoms with Gasteiger partial charge in [0.05, 0.1) is 16.9 Å². The van der Waals surface area contributed by atoms with E-state index in [-0.39, 0.29) is 11.9 Å². The van der Waals surface area contributed by atoms with Crippen molar-refractivity contribution in [3.8, 4) is 22.8 Å². The third kappa shape index (κ3) is 5.49. The third-order valence-electron chi connectivity index (χ3n) is 6.61. The summed E-state index contributed by atoms with van der Waals surface area (Å²) in [6.07, 6.45) is 6.97. The molecule has 2 aromatic carbocycles. The minimum atomic E-state index is 0.0672. The molecule has 0 radical (unpaired) electrons. The number of aromatic nitrogens is 3. The van der Waals surface area contributed by atoms with Crippen molar-refractivity contribution >= 4 is 22.6 Å². The van der Waals surface area contributed by atoms with Gasteiger partial charge in [0.1, 0.15) is 23.0 Å². The molecule has 0 atom stereocenters. The van der Waals surface area contributed by atoms with Crippen molar-refractivity contribution in [2.75, 3.05) is 39.5 Å². The monoisotopic (exact) mass is 496 g/mol. The summed E-state index contributed by atoms with van der Waals surface area (Å²) in [7, 11) is 3.97. The number of piperidine rings is 1. The van der Waals surface area contributed by atoms with Gasteiger partial charge in [-0.25, -0.2) is 4.98 Å². The lowest BCUT2D eigenvalue weighted by Crippen LogP contribution is -2.38. The molecule has 1 aliphatic heterocycles. The fourth-order valence-corrected chi connectivity index (χ4v) is 4.70. The molecule has 1 aliphatic rings. The van der Waals surface area contributed by atoms with Crippen LogP contribution in [-0.2, 0) is 4.79 Å². The molecule has 0 aliphatic carbocycles. The highest BCUT2D eigenvalue weighted by Gasteiger charge is 2.26. The summed E-state index contributed by atoms with van der Waals surface area (Å²) in [6.45, 7) is 2.14. The van der Waals surface area contributed by atoms with E-state index < -0.39 is 0 Å².